The molecule has 4 rings (SSSR count). The van der Waals surface area contributed by atoms with Crippen molar-refractivity contribution in [3.63, 3.8) is 0 Å². The van der Waals surface area contributed by atoms with Crippen LogP contribution in [0.1, 0.15) is 5.56 Å². The van der Waals surface area contributed by atoms with Crippen molar-refractivity contribution in [2.75, 3.05) is 31.2 Å². The Bertz CT molecular complexity index is 965. The zero-order chi connectivity index (χ0) is 19.8. The second kappa shape index (κ2) is 7.54. The molecule has 5 nitrogen and oxygen atoms in total. The Kier molecular flexibility index (Phi) is 5.10. The van der Waals surface area contributed by atoms with Crippen molar-refractivity contribution in [3.05, 3.63) is 69.6 Å². The van der Waals surface area contributed by atoms with Crippen molar-refractivity contribution >= 4 is 46.3 Å². The molecule has 0 aromatic heterocycles. The van der Waals surface area contributed by atoms with Gasteiger partial charge in [-0.2, -0.15) is 0 Å². The third-order valence-electron chi connectivity index (χ3n) is 4.63. The molecule has 0 aliphatic carbocycles. The Morgan fingerprint density at radius 3 is 2.11 bits per heavy atom. The molecular weight excluding hydrogens is 406 g/mol. The molecule has 0 spiro atoms. The molecule has 2 aliphatic rings. The van der Waals surface area contributed by atoms with Crippen LogP contribution in [-0.4, -0.2) is 43.0 Å². The van der Waals surface area contributed by atoms with Gasteiger partial charge in [0, 0.05) is 23.1 Å². The Balaban J connectivity index is 1.84. The standard InChI is InChI=1S/C20H15Cl2FN2O3/c21-13-9-14(22)11-16(10-13)25-19(26)17(12-1-3-15(23)4-2-12)18(20(25)27)24-5-7-28-8-6-24/h1-4,9-11H,5-8H2. The van der Waals surface area contributed by atoms with Gasteiger partial charge in [-0.15, -0.1) is 0 Å². The molecule has 0 bridgehead atoms. The predicted octanol–water partition coefficient (Wildman–Crippen LogP) is 3.75. The van der Waals surface area contributed by atoms with Gasteiger partial charge in [-0.3, -0.25) is 9.59 Å². The van der Waals surface area contributed by atoms with Crippen LogP contribution in [0.2, 0.25) is 10.0 Å². The van der Waals surface area contributed by atoms with E-state index in [0.29, 0.717) is 41.9 Å². The van der Waals surface area contributed by atoms with Crippen LogP contribution in [-0.2, 0) is 14.3 Å². The Labute approximate surface area is 170 Å². The number of benzene rings is 2. The summed E-state index contributed by atoms with van der Waals surface area (Å²) in [7, 11) is 0. The molecule has 2 heterocycles. The predicted molar refractivity (Wildman–Crippen MR) is 105 cm³/mol. The quantitative estimate of drug-likeness (QED) is 0.709. The molecular formula is C20H15Cl2FN2O3. The van der Waals surface area contributed by atoms with Gasteiger partial charge in [-0.05, 0) is 35.9 Å². The summed E-state index contributed by atoms with van der Waals surface area (Å²) in [6.45, 7) is 1.85. The highest BCUT2D eigenvalue weighted by Crippen LogP contribution is 2.37. The average Bonchev–Trinajstić information content (AvgIpc) is 2.93. The number of hydrogen-bond acceptors (Lipinski definition) is 4. The minimum absolute atomic E-state index is 0.225. The highest BCUT2D eigenvalue weighted by molar-refractivity contribution is 6.46. The fraction of sp³-hybridized carbons (Fsp3) is 0.200. The molecule has 2 aliphatic heterocycles. The van der Waals surface area contributed by atoms with Crippen LogP contribution in [0.3, 0.4) is 0 Å². The number of nitrogens with zero attached hydrogens (tertiary/aromatic N) is 2. The van der Waals surface area contributed by atoms with E-state index in [-0.39, 0.29) is 17.0 Å². The summed E-state index contributed by atoms with van der Waals surface area (Å²) in [5.74, 6) is -1.39. The van der Waals surface area contributed by atoms with Crippen molar-refractivity contribution < 1.29 is 18.7 Å². The number of ether oxygens (including phenoxy) is 1. The fourth-order valence-corrected chi connectivity index (χ4v) is 3.89. The zero-order valence-corrected chi connectivity index (χ0v) is 16.1. The molecule has 0 radical (unpaired) electrons. The van der Waals surface area contributed by atoms with Gasteiger partial charge in [0.25, 0.3) is 11.8 Å². The minimum Gasteiger partial charge on any atom is -0.378 e. The number of imide groups is 1. The molecule has 1 fully saturated rings. The Morgan fingerprint density at radius 2 is 1.50 bits per heavy atom. The average molecular weight is 421 g/mol. The van der Waals surface area contributed by atoms with E-state index in [1.54, 1.807) is 0 Å². The first-order valence-corrected chi connectivity index (χ1v) is 9.39. The first-order chi connectivity index (χ1) is 13.5. The van der Waals surface area contributed by atoms with Crippen molar-refractivity contribution in [1.29, 1.82) is 0 Å². The van der Waals surface area contributed by atoms with Crippen molar-refractivity contribution in [1.82, 2.24) is 4.90 Å². The summed E-state index contributed by atoms with van der Waals surface area (Å²) in [6.07, 6.45) is 0. The maximum atomic E-state index is 13.4. The summed E-state index contributed by atoms with van der Waals surface area (Å²) in [4.78, 5) is 29.5. The Morgan fingerprint density at radius 1 is 0.893 bits per heavy atom. The number of amides is 2. The van der Waals surface area contributed by atoms with Crippen LogP contribution in [0, 0.1) is 5.82 Å². The van der Waals surface area contributed by atoms with Crippen molar-refractivity contribution in [2.45, 2.75) is 0 Å². The molecule has 28 heavy (non-hydrogen) atoms. The fourth-order valence-electron chi connectivity index (χ4n) is 3.38. The molecule has 2 aromatic rings. The first kappa shape index (κ1) is 18.9. The highest BCUT2D eigenvalue weighted by Gasteiger charge is 2.42. The van der Waals surface area contributed by atoms with Gasteiger partial charge in [0.05, 0.1) is 24.5 Å². The SMILES string of the molecule is O=C1C(c2ccc(F)cc2)=C(N2CCOCC2)C(=O)N1c1cc(Cl)cc(Cl)c1. The summed E-state index contributed by atoms with van der Waals surface area (Å²) in [5.41, 5.74) is 1.26. The van der Waals surface area contributed by atoms with Gasteiger partial charge >= 0.3 is 0 Å². The van der Waals surface area contributed by atoms with E-state index in [1.807, 2.05) is 4.90 Å². The third kappa shape index (κ3) is 3.39. The van der Waals surface area contributed by atoms with Crippen LogP contribution >= 0.6 is 23.2 Å². The summed E-state index contributed by atoms with van der Waals surface area (Å²) < 4.78 is 18.8. The minimum atomic E-state index is -0.503. The normalized spacial score (nSPS) is 17.7. The lowest BCUT2D eigenvalue weighted by atomic mass is 10.0. The number of hydrogen-bond donors (Lipinski definition) is 0. The lowest BCUT2D eigenvalue weighted by Gasteiger charge is -2.29. The van der Waals surface area contributed by atoms with Gasteiger partial charge in [-0.25, -0.2) is 9.29 Å². The Hall–Kier alpha value is -2.41. The summed E-state index contributed by atoms with van der Waals surface area (Å²) in [6, 6.07) is 10.0. The number of anilines is 1. The number of carbonyl (C=O) groups is 2. The van der Waals surface area contributed by atoms with Crippen LogP contribution < -0.4 is 4.90 Å². The molecule has 144 valence electrons. The van der Waals surface area contributed by atoms with E-state index in [4.69, 9.17) is 27.9 Å². The topological polar surface area (TPSA) is 49.9 Å². The van der Waals surface area contributed by atoms with E-state index in [9.17, 15) is 14.0 Å². The number of carbonyl (C=O) groups excluding carboxylic acids is 2. The molecule has 2 amide bonds. The van der Waals surface area contributed by atoms with Crippen LogP contribution in [0.5, 0.6) is 0 Å². The molecule has 2 aromatic carbocycles. The molecule has 0 unspecified atom stereocenters. The molecule has 0 N–H and O–H groups in total. The first-order valence-electron chi connectivity index (χ1n) is 8.63. The van der Waals surface area contributed by atoms with Gasteiger partial charge in [0.15, 0.2) is 0 Å². The summed E-state index contributed by atoms with van der Waals surface area (Å²) in [5, 5.41) is 0.623. The maximum absolute atomic E-state index is 13.4. The second-order valence-electron chi connectivity index (χ2n) is 6.40. The smallest absolute Gasteiger partial charge is 0.282 e. The highest BCUT2D eigenvalue weighted by atomic mass is 35.5. The second-order valence-corrected chi connectivity index (χ2v) is 7.28. The van der Waals surface area contributed by atoms with Gasteiger partial charge < -0.3 is 9.64 Å². The van der Waals surface area contributed by atoms with E-state index in [2.05, 4.69) is 0 Å². The van der Waals surface area contributed by atoms with Crippen molar-refractivity contribution in [2.24, 2.45) is 0 Å². The zero-order valence-electron chi connectivity index (χ0n) is 14.6. The lowest BCUT2D eigenvalue weighted by Crippen LogP contribution is -2.40. The number of rotatable bonds is 3. The van der Waals surface area contributed by atoms with E-state index in [1.165, 1.54) is 42.5 Å². The maximum Gasteiger partial charge on any atom is 0.282 e. The molecule has 0 atom stereocenters. The molecule has 0 saturated carbocycles. The van der Waals surface area contributed by atoms with Crippen LogP contribution in [0.15, 0.2) is 48.2 Å². The summed E-state index contributed by atoms with van der Waals surface area (Å²) >= 11 is 12.1. The van der Waals surface area contributed by atoms with E-state index < -0.39 is 17.6 Å². The monoisotopic (exact) mass is 420 g/mol. The van der Waals surface area contributed by atoms with E-state index >= 15 is 0 Å². The third-order valence-corrected chi connectivity index (χ3v) is 5.06. The van der Waals surface area contributed by atoms with E-state index in [0.717, 1.165) is 4.90 Å². The van der Waals surface area contributed by atoms with Crippen molar-refractivity contribution in [3.8, 4) is 0 Å². The largest absolute Gasteiger partial charge is 0.378 e. The number of morpholine rings is 1. The molecule has 8 heteroatoms. The van der Waals surface area contributed by atoms with Crippen LogP contribution in [0.25, 0.3) is 5.57 Å². The van der Waals surface area contributed by atoms with Gasteiger partial charge in [-0.1, -0.05) is 35.3 Å². The number of halogens is 3. The lowest BCUT2D eigenvalue weighted by molar-refractivity contribution is -0.121. The molecule has 1 saturated heterocycles. The van der Waals surface area contributed by atoms with Gasteiger partial charge in [0.2, 0.25) is 0 Å². The van der Waals surface area contributed by atoms with Gasteiger partial charge in [0.1, 0.15) is 11.5 Å². The van der Waals surface area contributed by atoms with Crippen LogP contribution in [0.4, 0.5) is 10.1 Å².